The molecule has 0 aliphatic carbocycles. The minimum Gasteiger partial charge on any atom is -0.397 e. The first kappa shape index (κ1) is 13.0. The summed E-state index contributed by atoms with van der Waals surface area (Å²) in [6.45, 7) is 0. The van der Waals surface area contributed by atoms with Gasteiger partial charge in [0.05, 0.1) is 27.1 Å². The molecule has 0 saturated carbocycles. The Balaban J connectivity index is 2.37. The molecule has 0 atom stereocenters. The van der Waals surface area contributed by atoms with Crippen molar-refractivity contribution in [2.45, 2.75) is 0 Å². The third kappa shape index (κ3) is 2.70. The second kappa shape index (κ2) is 5.07. The quantitative estimate of drug-likeness (QED) is 0.813. The molecule has 18 heavy (non-hydrogen) atoms. The molecular weight excluding hydrogens is 327 g/mol. The average molecular weight is 335 g/mol. The van der Waals surface area contributed by atoms with Gasteiger partial charge >= 0.3 is 0 Å². The fraction of sp³-hybridized carbons (Fsp3) is 0. The van der Waals surface area contributed by atoms with Crippen LogP contribution in [0.3, 0.4) is 0 Å². The van der Waals surface area contributed by atoms with Crippen LogP contribution in [-0.4, -0.2) is 4.98 Å². The van der Waals surface area contributed by atoms with Crippen molar-refractivity contribution in [3.05, 3.63) is 45.5 Å². The number of pyridine rings is 1. The molecular formula is C11H7BrClF2N3. The molecule has 94 valence electrons. The van der Waals surface area contributed by atoms with Crippen molar-refractivity contribution in [3.8, 4) is 0 Å². The Morgan fingerprint density at radius 3 is 2.61 bits per heavy atom. The van der Waals surface area contributed by atoms with Gasteiger partial charge in [-0.1, -0.05) is 11.6 Å². The second-order valence-corrected chi connectivity index (χ2v) is 4.73. The molecule has 0 fully saturated rings. The molecule has 3 N–H and O–H groups in total. The molecule has 1 heterocycles. The van der Waals surface area contributed by atoms with Crippen LogP contribution in [0.2, 0.25) is 5.02 Å². The number of nitrogens with one attached hydrogen (secondary N) is 1. The van der Waals surface area contributed by atoms with E-state index in [1.165, 1.54) is 12.3 Å². The minimum absolute atomic E-state index is 0.0434. The van der Waals surface area contributed by atoms with Crippen molar-refractivity contribution in [2.24, 2.45) is 0 Å². The van der Waals surface area contributed by atoms with E-state index in [9.17, 15) is 8.78 Å². The molecule has 0 aliphatic rings. The molecule has 0 spiro atoms. The first-order chi connectivity index (χ1) is 8.47. The number of aromatic nitrogens is 1. The van der Waals surface area contributed by atoms with Crippen molar-refractivity contribution in [1.82, 2.24) is 4.98 Å². The van der Waals surface area contributed by atoms with Gasteiger partial charge in [0.25, 0.3) is 0 Å². The highest BCUT2D eigenvalue weighted by atomic mass is 79.9. The number of nitrogen functional groups attached to an aromatic ring is 1. The van der Waals surface area contributed by atoms with Crippen LogP contribution in [0.1, 0.15) is 0 Å². The number of nitrogens with zero attached hydrogens (tertiary/aromatic N) is 1. The maximum atomic E-state index is 13.6. The molecule has 1 aromatic heterocycles. The molecule has 7 heteroatoms. The molecule has 0 radical (unpaired) electrons. The summed E-state index contributed by atoms with van der Waals surface area (Å²) in [5, 5.41) is 2.82. The number of anilines is 3. The number of hydrogen-bond acceptors (Lipinski definition) is 3. The topological polar surface area (TPSA) is 50.9 Å². The largest absolute Gasteiger partial charge is 0.397 e. The zero-order chi connectivity index (χ0) is 13.3. The molecule has 3 nitrogen and oxygen atoms in total. The summed E-state index contributed by atoms with van der Waals surface area (Å²) >= 11 is 8.76. The lowest BCUT2D eigenvalue weighted by Gasteiger charge is -2.09. The summed E-state index contributed by atoms with van der Waals surface area (Å²) in [5.41, 5.74) is 5.80. The summed E-state index contributed by atoms with van der Waals surface area (Å²) in [5.74, 6) is -1.02. The van der Waals surface area contributed by atoms with Crippen LogP contribution in [0, 0.1) is 11.6 Å². The lowest BCUT2D eigenvalue weighted by Crippen LogP contribution is -1.99. The SMILES string of the molecule is Nc1cnc(Nc2cc(F)c(Br)cc2F)c(Cl)c1. The van der Waals surface area contributed by atoms with E-state index >= 15 is 0 Å². The number of nitrogens with two attached hydrogens (primary N) is 1. The Kier molecular flexibility index (Phi) is 3.68. The predicted octanol–water partition coefficient (Wildman–Crippen LogP) is 4.10. The van der Waals surface area contributed by atoms with E-state index in [4.69, 9.17) is 17.3 Å². The number of halogens is 4. The molecule has 0 amide bonds. The van der Waals surface area contributed by atoms with Crippen LogP contribution in [0.25, 0.3) is 0 Å². The van der Waals surface area contributed by atoms with Crippen LogP contribution < -0.4 is 11.1 Å². The Hall–Kier alpha value is -1.40. The monoisotopic (exact) mass is 333 g/mol. The molecule has 0 aliphatic heterocycles. The maximum absolute atomic E-state index is 13.6. The molecule has 0 saturated heterocycles. The molecule has 2 aromatic rings. The lowest BCUT2D eigenvalue weighted by molar-refractivity contribution is 0.598. The number of benzene rings is 1. The minimum atomic E-state index is -0.627. The van der Waals surface area contributed by atoms with E-state index in [-0.39, 0.29) is 21.0 Å². The van der Waals surface area contributed by atoms with Gasteiger partial charge in [-0.05, 0) is 28.1 Å². The Labute approximate surface area is 115 Å². The van der Waals surface area contributed by atoms with Crippen LogP contribution in [0.5, 0.6) is 0 Å². The second-order valence-electron chi connectivity index (χ2n) is 3.47. The molecule has 0 bridgehead atoms. The summed E-state index contributed by atoms with van der Waals surface area (Å²) < 4.78 is 26.9. The van der Waals surface area contributed by atoms with Gasteiger partial charge in [0.2, 0.25) is 0 Å². The van der Waals surface area contributed by atoms with E-state index < -0.39 is 11.6 Å². The number of hydrogen-bond donors (Lipinski definition) is 2. The van der Waals surface area contributed by atoms with Crippen LogP contribution >= 0.6 is 27.5 Å². The highest BCUT2D eigenvalue weighted by Gasteiger charge is 2.10. The van der Waals surface area contributed by atoms with E-state index in [2.05, 4.69) is 26.2 Å². The third-order valence-corrected chi connectivity index (χ3v) is 3.02. The highest BCUT2D eigenvalue weighted by molar-refractivity contribution is 9.10. The maximum Gasteiger partial charge on any atom is 0.149 e. The fourth-order valence-electron chi connectivity index (χ4n) is 1.29. The lowest BCUT2D eigenvalue weighted by atomic mass is 10.3. The van der Waals surface area contributed by atoms with Crippen molar-refractivity contribution >= 4 is 44.7 Å². The van der Waals surface area contributed by atoms with Crippen molar-refractivity contribution in [2.75, 3.05) is 11.1 Å². The van der Waals surface area contributed by atoms with E-state index in [1.54, 1.807) is 0 Å². The summed E-state index contributed by atoms with van der Waals surface area (Å²) in [7, 11) is 0. The number of rotatable bonds is 2. The van der Waals surface area contributed by atoms with Gasteiger partial charge in [0.15, 0.2) is 0 Å². The van der Waals surface area contributed by atoms with Gasteiger partial charge in [0.1, 0.15) is 17.5 Å². The third-order valence-electron chi connectivity index (χ3n) is 2.13. The zero-order valence-electron chi connectivity index (χ0n) is 8.85. The van der Waals surface area contributed by atoms with Crippen molar-refractivity contribution < 1.29 is 8.78 Å². The van der Waals surface area contributed by atoms with Gasteiger partial charge in [0, 0.05) is 6.07 Å². The molecule has 2 rings (SSSR count). The van der Waals surface area contributed by atoms with Gasteiger partial charge in [-0.25, -0.2) is 13.8 Å². The van der Waals surface area contributed by atoms with Crippen LogP contribution in [-0.2, 0) is 0 Å². The zero-order valence-corrected chi connectivity index (χ0v) is 11.2. The fourth-order valence-corrected chi connectivity index (χ4v) is 1.83. The van der Waals surface area contributed by atoms with E-state index in [0.717, 1.165) is 12.1 Å². The highest BCUT2D eigenvalue weighted by Crippen LogP contribution is 2.28. The van der Waals surface area contributed by atoms with E-state index in [1.807, 2.05) is 0 Å². The first-order valence-electron chi connectivity index (χ1n) is 4.80. The normalized spacial score (nSPS) is 10.4. The van der Waals surface area contributed by atoms with Crippen molar-refractivity contribution in [3.63, 3.8) is 0 Å². The average Bonchev–Trinajstić information content (AvgIpc) is 2.29. The molecule has 0 unspecified atom stereocenters. The smallest absolute Gasteiger partial charge is 0.149 e. The van der Waals surface area contributed by atoms with Gasteiger partial charge in [-0.2, -0.15) is 0 Å². The van der Waals surface area contributed by atoms with Gasteiger partial charge < -0.3 is 11.1 Å². The van der Waals surface area contributed by atoms with E-state index in [0.29, 0.717) is 5.69 Å². The van der Waals surface area contributed by atoms with Crippen molar-refractivity contribution in [1.29, 1.82) is 0 Å². The predicted molar refractivity (Wildman–Crippen MR) is 71.0 cm³/mol. The Bertz CT molecular complexity index is 607. The van der Waals surface area contributed by atoms with Crippen LogP contribution in [0.15, 0.2) is 28.9 Å². The summed E-state index contributed by atoms with van der Waals surface area (Å²) in [6, 6.07) is 3.49. The summed E-state index contributed by atoms with van der Waals surface area (Å²) in [4.78, 5) is 3.90. The Morgan fingerprint density at radius 2 is 1.94 bits per heavy atom. The summed E-state index contributed by atoms with van der Waals surface area (Å²) in [6.07, 6.45) is 1.36. The van der Waals surface area contributed by atoms with Gasteiger partial charge in [-0.15, -0.1) is 0 Å². The van der Waals surface area contributed by atoms with Crippen LogP contribution in [0.4, 0.5) is 26.0 Å². The molecule has 1 aromatic carbocycles. The Morgan fingerprint density at radius 1 is 1.22 bits per heavy atom. The first-order valence-corrected chi connectivity index (χ1v) is 5.97. The standard InChI is InChI=1S/C11H7BrClF2N3/c12-6-2-9(15)10(3-8(6)14)18-11-7(13)1-5(16)4-17-11/h1-4H,16H2,(H,17,18). The van der Waals surface area contributed by atoms with Gasteiger partial charge in [-0.3, -0.25) is 0 Å².